The zero-order valence-electron chi connectivity index (χ0n) is 11.1. The Morgan fingerprint density at radius 3 is 3.06 bits per heavy atom. The van der Waals surface area contributed by atoms with E-state index >= 15 is 0 Å². The van der Waals surface area contributed by atoms with Gasteiger partial charge in [-0.2, -0.15) is 5.10 Å². The highest BCUT2D eigenvalue weighted by Crippen LogP contribution is 2.12. The normalized spacial score (nSPS) is 11.0. The van der Waals surface area contributed by atoms with Crippen LogP contribution in [0.3, 0.4) is 0 Å². The molecule has 0 saturated heterocycles. The maximum atomic E-state index is 4.48. The molecule has 0 radical (unpaired) electrons. The van der Waals surface area contributed by atoms with Gasteiger partial charge < -0.3 is 5.32 Å². The molecule has 0 amide bonds. The lowest BCUT2D eigenvalue weighted by Gasteiger charge is -2.05. The van der Waals surface area contributed by atoms with Crippen molar-refractivity contribution in [1.29, 1.82) is 0 Å². The van der Waals surface area contributed by atoms with E-state index in [1.54, 1.807) is 0 Å². The molecule has 0 saturated carbocycles. The summed E-state index contributed by atoms with van der Waals surface area (Å²) in [5, 5.41) is 10.0. The summed E-state index contributed by atoms with van der Waals surface area (Å²) in [5.41, 5.74) is 2.60. The molecule has 2 aromatic rings. The van der Waals surface area contributed by atoms with Crippen LogP contribution in [0.25, 0.3) is 0 Å². The van der Waals surface area contributed by atoms with Crippen molar-refractivity contribution < 1.29 is 0 Å². The number of aryl methyl sites for hydroxylation is 2. The molecule has 0 bridgehead atoms. The van der Waals surface area contributed by atoms with Crippen molar-refractivity contribution in [1.82, 2.24) is 15.1 Å². The van der Waals surface area contributed by atoms with Gasteiger partial charge in [-0.25, -0.2) is 0 Å². The molecule has 4 heteroatoms. The van der Waals surface area contributed by atoms with Gasteiger partial charge in [0.1, 0.15) is 0 Å². The Hall–Kier alpha value is -1.13. The summed E-state index contributed by atoms with van der Waals surface area (Å²) in [7, 11) is 0. The third-order valence-corrected chi connectivity index (χ3v) is 4.03. The monoisotopic (exact) mass is 263 g/mol. The molecule has 1 N–H and O–H groups in total. The lowest BCUT2D eigenvalue weighted by Crippen LogP contribution is -2.14. The van der Waals surface area contributed by atoms with E-state index in [4.69, 9.17) is 0 Å². The van der Waals surface area contributed by atoms with Crippen LogP contribution < -0.4 is 5.32 Å². The van der Waals surface area contributed by atoms with Crippen molar-refractivity contribution in [3.8, 4) is 0 Å². The Kier molecular flexibility index (Phi) is 4.96. The van der Waals surface area contributed by atoms with Crippen molar-refractivity contribution in [2.45, 2.75) is 39.8 Å². The van der Waals surface area contributed by atoms with Crippen LogP contribution in [0.15, 0.2) is 23.7 Å². The number of hydrogen-bond acceptors (Lipinski definition) is 3. The van der Waals surface area contributed by atoms with E-state index in [9.17, 15) is 0 Å². The first-order chi connectivity index (χ1) is 8.81. The first-order valence-corrected chi connectivity index (χ1v) is 7.43. The number of nitrogens with zero attached hydrogens (tertiary/aromatic N) is 2. The summed E-state index contributed by atoms with van der Waals surface area (Å²) in [6.45, 7) is 7.31. The lowest BCUT2D eigenvalue weighted by molar-refractivity contribution is 0.598. The Morgan fingerprint density at radius 2 is 2.33 bits per heavy atom. The van der Waals surface area contributed by atoms with Crippen LogP contribution in [0, 0.1) is 6.92 Å². The minimum Gasteiger partial charge on any atom is -0.313 e. The fraction of sp³-hybridized carbons (Fsp3) is 0.500. The van der Waals surface area contributed by atoms with E-state index < -0.39 is 0 Å². The Balaban J connectivity index is 1.89. The van der Waals surface area contributed by atoms with E-state index in [2.05, 4.69) is 46.5 Å². The summed E-state index contributed by atoms with van der Waals surface area (Å²) < 4.78 is 2.11. The molecule has 0 aliphatic rings. The largest absolute Gasteiger partial charge is 0.313 e. The van der Waals surface area contributed by atoms with Crippen LogP contribution in [0.4, 0.5) is 0 Å². The van der Waals surface area contributed by atoms with Crippen molar-refractivity contribution in [3.05, 3.63) is 39.8 Å². The molecule has 18 heavy (non-hydrogen) atoms. The number of aromatic nitrogens is 2. The van der Waals surface area contributed by atoms with Crippen LogP contribution in [-0.2, 0) is 19.5 Å². The van der Waals surface area contributed by atoms with Gasteiger partial charge in [-0.15, -0.1) is 11.3 Å². The maximum absolute atomic E-state index is 4.48. The average Bonchev–Trinajstić information content (AvgIpc) is 2.99. The molecule has 0 atom stereocenters. The first kappa shape index (κ1) is 13.3. The number of rotatable bonds is 7. The van der Waals surface area contributed by atoms with Gasteiger partial charge in [0.25, 0.3) is 0 Å². The summed E-state index contributed by atoms with van der Waals surface area (Å²) in [4.78, 5) is 1.43. The van der Waals surface area contributed by atoms with Gasteiger partial charge in [-0.05, 0) is 31.3 Å². The molecular formula is C14H21N3S. The highest BCUT2D eigenvalue weighted by atomic mass is 32.1. The quantitative estimate of drug-likeness (QED) is 0.778. The molecular weight excluding hydrogens is 242 g/mol. The fourth-order valence-electron chi connectivity index (χ4n) is 1.95. The fourth-order valence-corrected chi connectivity index (χ4v) is 2.65. The molecule has 0 unspecified atom stereocenters. The van der Waals surface area contributed by atoms with Crippen LogP contribution in [0.2, 0.25) is 0 Å². The maximum Gasteiger partial charge on any atom is 0.0537 e. The van der Waals surface area contributed by atoms with Crippen LogP contribution >= 0.6 is 11.3 Å². The zero-order valence-corrected chi connectivity index (χ0v) is 12.0. The highest BCUT2D eigenvalue weighted by Gasteiger charge is 2.06. The van der Waals surface area contributed by atoms with Gasteiger partial charge in [0.15, 0.2) is 0 Å². The number of nitrogens with one attached hydrogen (secondary N) is 1. The van der Waals surface area contributed by atoms with Gasteiger partial charge in [0.2, 0.25) is 0 Å². The zero-order chi connectivity index (χ0) is 12.8. The predicted molar refractivity (Wildman–Crippen MR) is 77.0 cm³/mol. The van der Waals surface area contributed by atoms with Gasteiger partial charge in [-0.1, -0.05) is 13.0 Å². The van der Waals surface area contributed by atoms with Crippen LogP contribution in [0.1, 0.15) is 29.5 Å². The number of thiophene rings is 1. The van der Waals surface area contributed by atoms with Gasteiger partial charge >= 0.3 is 0 Å². The molecule has 2 aromatic heterocycles. The van der Waals surface area contributed by atoms with E-state index in [1.807, 2.05) is 17.5 Å². The average molecular weight is 263 g/mol. The van der Waals surface area contributed by atoms with Gasteiger partial charge in [0.05, 0.1) is 6.20 Å². The Morgan fingerprint density at radius 1 is 1.44 bits per heavy atom. The molecule has 0 aliphatic carbocycles. The Labute approximate surface area is 113 Å². The van der Waals surface area contributed by atoms with Crippen molar-refractivity contribution >= 4 is 11.3 Å². The second-order valence-corrected chi connectivity index (χ2v) is 5.52. The van der Waals surface area contributed by atoms with Gasteiger partial charge in [0, 0.05) is 35.6 Å². The van der Waals surface area contributed by atoms with Crippen molar-refractivity contribution in [2.24, 2.45) is 0 Å². The van der Waals surface area contributed by atoms with E-state index in [0.717, 1.165) is 26.1 Å². The van der Waals surface area contributed by atoms with Crippen LogP contribution in [-0.4, -0.2) is 16.3 Å². The first-order valence-electron chi connectivity index (χ1n) is 6.55. The minimum atomic E-state index is 0.929. The molecule has 0 aliphatic heterocycles. The van der Waals surface area contributed by atoms with Crippen LogP contribution in [0.5, 0.6) is 0 Å². The van der Waals surface area contributed by atoms with E-state index in [1.165, 1.54) is 22.6 Å². The second kappa shape index (κ2) is 6.71. The lowest BCUT2D eigenvalue weighted by atomic mass is 10.2. The summed E-state index contributed by atoms with van der Waals surface area (Å²) in [6, 6.07) is 4.29. The summed E-state index contributed by atoms with van der Waals surface area (Å²) >= 11 is 1.82. The predicted octanol–water partition coefficient (Wildman–Crippen LogP) is 3.00. The van der Waals surface area contributed by atoms with Crippen molar-refractivity contribution in [2.75, 3.05) is 6.54 Å². The smallest absolute Gasteiger partial charge is 0.0537 e. The highest BCUT2D eigenvalue weighted by molar-refractivity contribution is 7.09. The number of hydrogen-bond donors (Lipinski definition) is 1. The van der Waals surface area contributed by atoms with E-state index in [-0.39, 0.29) is 0 Å². The SMILES string of the molecule is CCCNCc1cnn(CCc2cccs2)c1C. The van der Waals surface area contributed by atoms with Crippen molar-refractivity contribution in [3.63, 3.8) is 0 Å². The summed E-state index contributed by atoms with van der Waals surface area (Å²) in [5.74, 6) is 0. The molecule has 2 heterocycles. The third-order valence-electron chi connectivity index (χ3n) is 3.10. The second-order valence-electron chi connectivity index (χ2n) is 4.48. The molecule has 0 fully saturated rings. The van der Waals surface area contributed by atoms with E-state index in [0.29, 0.717) is 0 Å². The summed E-state index contributed by atoms with van der Waals surface area (Å²) in [6.07, 6.45) is 4.24. The third kappa shape index (κ3) is 3.43. The molecule has 3 nitrogen and oxygen atoms in total. The minimum absolute atomic E-state index is 0.929. The molecule has 2 rings (SSSR count). The topological polar surface area (TPSA) is 29.9 Å². The molecule has 0 spiro atoms. The van der Waals surface area contributed by atoms with Gasteiger partial charge in [-0.3, -0.25) is 4.68 Å². The molecule has 0 aromatic carbocycles. The Bertz CT molecular complexity index is 459. The standard InChI is InChI=1S/C14H21N3S/c1-3-7-15-10-13-11-16-17(12(13)2)8-6-14-5-4-9-18-14/h4-5,9,11,15H,3,6-8,10H2,1-2H3. The molecule has 98 valence electrons.